The van der Waals surface area contributed by atoms with Gasteiger partial charge in [0.15, 0.2) is 0 Å². The van der Waals surface area contributed by atoms with E-state index < -0.39 is 6.04 Å². The van der Waals surface area contributed by atoms with Gasteiger partial charge in [-0.15, -0.1) is 0 Å². The molecular weight excluding hydrogens is 343 g/mol. The minimum absolute atomic E-state index is 0.133. The van der Waals surface area contributed by atoms with Gasteiger partial charge in [0, 0.05) is 18.7 Å². The van der Waals surface area contributed by atoms with E-state index in [1.165, 1.54) is 13.2 Å². The first-order valence-corrected chi connectivity index (χ1v) is 8.36. The average molecular weight is 365 g/mol. The number of rotatable bonds is 7. The zero-order chi connectivity index (χ0) is 18.4. The van der Waals surface area contributed by atoms with E-state index in [4.69, 9.17) is 22.1 Å². The topological polar surface area (TPSA) is 64.3 Å². The molecule has 1 amide bonds. The fraction of sp³-hybridized carbons (Fsp3) is 0.316. The van der Waals surface area contributed by atoms with E-state index in [0.29, 0.717) is 10.6 Å². The van der Waals surface area contributed by atoms with Crippen molar-refractivity contribution in [3.63, 3.8) is 0 Å². The number of aryl methyl sites for hydroxylation is 1. The van der Waals surface area contributed by atoms with Crippen molar-refractivity contribution in [2.45, 2.75) is 25.5 Å². The Morgan fingerprint density at radius 1 is 1.32 bits per heavy atom. The first-order valence-electron chi connectivity index (χ1n) is 7.99. The number of carbonyl (C=O) groups excluding carboxylic acids is 1. The van der Waals surface area contributed by atoms with Gasteiger partial charge in [0.2, 0.25) is 5.91 Å². The molecule has 0 aliphatic carbocycles. The monoisotopic (exact) mass is 364 g/mol. The van der Waals surface area contributed by atoms with Gasteiger partial charge in [0.25, 0.3) is 0 Å². The fourth-order valence-electron chi connectivity index (χ4n) is 2.59. The molecule has 2 aromatic rings. The quantitative estimate of drug-likeness (QED) is 0.791. The number of ether oxygens (including phenoxy) is 1. The van der Waals surface area contributed by atoms with Gasteiger partial charge in [-0.25, -0.2) is 4.39 Å². The molecule has 0 spiro atoms. The van der Waals surface area contributed by atoms with Crippen molar-refractivity contribution >= 4 is 17.5 Å². The Labute approximate surface area is 152 Å². The van der Waals surface area contributed by atoms with Crippen LogP contribution in [0, 0.1) is 12.7 Å². The lowest BCUT2D eigenvalue weighted by Crippen LogP contribution is -2.35. The predicted octanol–water partition coefficient (Wildman–Crippen LogP) is 3.36. The molecule has 6 heteroatoms. The summed E-state index contributed by atoms with van der Waals surface area (Å²) in [6.07, 6.45) is -0.226. The summed E-state index contributed by atoms with van der Waals surface area (Å²) in [5.41, 5.74) is 7.57. The van der Waals surface area contributed by atoms with Gasteiger partial charge in [-0.2, -0.15) is 0 Å². The second kappa shape index (κ2) is 8.94. The van der Waals surface area contributed by atoms with Gasteiger partial charge in [-0.05, 0) is 35.7 Å². The molecule has 2 aromatic carbocycles. The number of hydrogen-bond acceptors (Lipinski definition) is 3. The Kier molecular flexibility index (Phi) is 6.93. The molecule has 0 radical (unpaired) electrons. The van der Waals surface area contributed by atoms with E-state index in [-0.39, 0.29) is 30.8 Å². The highest BCUT2D eigenvalue weighted by Gasteiger charge is 2.21. The molecule has 0 aromatic heterocycles. The minimum Gasteiger partial charge on any atom is -0.380 e. The second-order valence-corrected chi connectivity index (χ2v) is 6.24. The van der Waals surface area contributed by atoms with Gasteiger partial charge in [0.1, 0.15) is 5.82 Å². The molecule has 2 rings (SSSR count). The first-order chi connectivity index (χ1) is 12.0. The molecule has 2 unspecified atom stereocenters. The van der Waals surface area contributed by atoms with E-state index in [1.54, 1.807) is 25.1 Å². The first kappa shape index (κ1) is 19.4. The van der Waals surface area contributed by atoms with Gasteiger partial charge in [-0.3, -0.25) is 4.79 Å². The summed E-state index contributed by atoms with van der Waals surface area (Å²) in [7, 11) is 1.51. The van der Waals surface area contributed by atoms with Gasteiger partial charge in [0.05, 0.1) is 18.6 Å². The minimum atomic E-state index is -0.490. The van der Waals surface area contributed by atoms with Crippen LogP contribution in [-0.4, -0.2) is 25.7 Å². The van der Waals surface area contributed by atoms with Crippen LogP contribution in [0.25, 0.3) is 0 Å². The zero-order valence-electron chi connectivity index (χ0n) is 14.3. The highest BCUT2D eigenvalue weighted by molar-refractivity contribution is 6.31. The second-order valence-electron chi connectivity index (χ2n) is 5.83. The summed E-state index contributed by atoms with van der Waals surface area (Å²) in [6, 6.07) is 11.5. The molecule has 0 fully saturated rings. The van der Waals surface area contributed by atoms with E-state index >= 15 is 0 Å². The summed E-state index contributed by atoms with van der Waals surface area (Å²) >= 11 is 6.31. The summed E-state index contributed by atoms with van der Waals surface area (Å²) in [6.45, 7) is 1.93. The smallest absolute Gasteiger partial charge is 0.223 e. The molecule has 0 saturated carbocycles. The molecule has 134 valence electrons. The van der Waals surface area contributed by atoms with Crippen molar-refractivity contribution in [1.29, 1.82) is 0 Å². The highest BCUT2D eigenvalue weighted by atomic mass is 35.5. The Morgan fingerprint density at radius 2 is 2.04 bits per heavy atom. The third kappa shape index (κ3) is 5.01. The SMILES string of the molecule is COC(CN)CC(=O)NC(c1ccc(F)c(C)c1)c1ccccc1Cl. The molecule has 4 nitrogen and oxygen atoms in total. The summed E-state index contributed by atoms with van der Waals surface area (Å²) in [5.74, 6) is -0.514. The highest BCUT2D eigenvalue weighted by Crippen LogP contribution is 2.29. The molecule has 0 saturated heterocycles. The van der Waals surface area contributed by atoms with Crippen molar-refractivity contribution in [3.8, 4) is 0 Å². The van der Waals surface area contributed by atoms with Crippen LogP contribution in [0.15, 0.2) is 42.5 Å². The van der Waals surface area contributed by atoms with Crippen LogP contribution in [0.2, 0.25) is 5.02 Å². The van der Waals surface area contributed by atoms with E-state index in [0.717, 1.165) is 11.1 Å². The fourth-order valence-corrected chi connectivity index (χ4v) is 2.83. The van der Waals surface area contributed by atoms with E-state index in [1.807, 2.05) is 18.2 Å². The molecule has 3 N–H and O–H groups in total. The number of halogens is 2. The van der Waals surface area contributed by atoms with Crippen LogP contribution in [0.4, 0.5) is 4.39 Å². The Balaban J connectivity index is 2.34. The number of nitrogens with one attached hydrogen (secondary N) is 1. The Morgan fingerprint density at radius 3 is 2.64 bits per heavy atom. The number of methoxy groups -OCH3 is 1. The van der Waals surface area contributed by atoms with Crippen LogP contribution in [0.1, 0.15) is 29.2 Å². The maximum atomic E-state index is 13.6. The lowest BCUT2D eigenvalue weighted by molar-refractivity contribution is -0.123. The molecule has 25 heavy (non-hydrogen) atoms. The zero-order valence-corrected chi connectivity index (χ0v) is 15.0. The molecule has 0 heterocycles. The molecule has 2 atom stereocenters. The molecule has 0 aliphatic rings. The molecule has 0 aliphatic heterocycles. The number of amides is 1. The lowest BCUT2D eigenvalue weighted by atomic mass is 9.96. The van der Waals surface area contributed by atoms with Crippen molar-refractivity contribution < 1.29 is 13.9 Å². The van der Waals surface area contributed by atoms with Crippen LogP contribution in [-0.2, 0) is 9.53 Å². The van der Waals surface area contributed by atoms with Crippen molar-refractivity contribution in [3.05, 3.63) is 70.0 Å². The predicted molar refractivity (Wildman–Crippen MR) is 97.0 cm³/mol. The van der Waals surface area contributed by atoms with Crippen molar-refractivity contribution in [1.82, 2.24) is 5.32 Å². The lowest BCUT2D eigenvalue weighted by Gasteiger charge is -2.22. The summed E-state index contributed by atoms with van der Waals surface area (Å²) in [5, 5.41) is 3.48. The maximum Gasteiger partial charge on any atom is 0.223 e. The van der Waals surface area contributed by atoms with Gasteiger partial charge < -0.3 is 15.8 Å². The third-order valence-electron chi connectivity index (χ3n) is 4.05. The van der Waals surface area contributed by atoms with Gasteiger partial charge in [-0.1, -0.05) is 41.9 Å². The molecule has 0 bridgehead atoms. The van der Waals surface area contributed by atoms with E-state index in [2.05, 4.69) is 5.32 Å². The summed E-state index contributed by atoms with van der Waals surface area (Å²) < 4.78 is 18.8. The Bertz CT molecular complexity index is 735. The van der Waals surface area contributed by atoms with Crippen LogP contribution in [0.3, 0.4) is 0 Å². The standard InChI is InChI=1S/C19H22ClFN2O2/c1-12-9-13(7-8-17(12)21)19(15-5-3-4-6-16(15)20)23-18(24)10-14(11-22)25-2/h3-9,14,19H,10-11,22H2,1-2H3,(H,23,24). The number of benzene rings is 2. The maximum absolute atomic E-state index is 13.6. The number of hydrogen-bond donors (Lipinski definition) is 2. The number of carbonyl (C=O) groups is 1. The molecular formula is C19H22ClFN2O2. The Hall–Kier alpha value is -1.95. The largest absolute Gasteiger partial charge is 0.380 e. The van der Waals surface area contributed by atoms with Crippen molar-refractivity contribution in [2.24, 2.45) is 5.73 Å². The third-order valence-corrected chi connectivity index (χ3v) is 4.39. The van der Waals surface area contributed by atoms with Crippen LogP contribution in [0.5, 0.6) is 0 Å². The van der Waals surface area contributed by atoms with Crippen LogP contribution < -0.4 is 11.1 Å². The van der Waals surface area contributed by atoms with Crippen LogP contribution >= 0.6 is 11.6 Å². The number of nitrogens with two attached hydrogens (primary N) is 1. The van der Waals surface area contributed by atoms with Gasteiger partial charge >= 0.3 is 0 Å². The van der Waals surface area contributed by atoms with E-state index in [9.17, 15) is 9.18 Å². The summed E-state index contributed by atoms with van der Waals surface area (Å²) in [4.78, 5) is 12.4. The average Bonchev–Trinajstić information content (AvgIpc) is 2.61. The normalized spacial score (nSPS) is 13.3. The van der Waals surface area contributed by atoms with Crippen molar-refractivity contribution in [2.75, 3.05) is 13.7 Å².